The van der Waals surface area contributed by atoms with E-state index in [0.717, 1.165) is 12.5 Å². The first-order valence-electron chi connectivity index (χ1n) is 7.03. The zero-order valence-corrected chi connectivity index (χ0v) is 16.4. The van der Waals surface area contributed by atoms with Crippen molar-refractivity contribution < 1.29 is 4.74 Å². The molecule has 0 aromatic carbocycles. The molecule has 0 bridgehead atoms. The van der Waals surface area contributed by atoms with E-state index in [2.05, 4.69) is 55.4 Å². The summed E-state index contributed by atoms with van der Waals surface area (Å²) in [5.41, 5.74) is 0. The molecule has 0 aliphatic heterocycles. The van der Waals surface area contributed by atoms with Gasteiger partial charge < -0.3 is 20.3 Å². The third-order valence-corrected chi connectivity index (χ3v) is 3.00. The number of hydrogen-bond acceptors (Lipinski definition) is 3. The lowest BCUT2D eigenvalue weighted by Gasteiger charge is -2.27. The second-order valence-corrected chi connectivity index (χ2v) is 5.70. The van der Waals surface area contributed by atoms with E-state index in [1.54, 1.807) is 14.2 Å². The Morgan fingerprint density at radius 2 is 1.85 bits per heavy atom. The molecule has 0 aliphatic rings. The molecule has 20 heavy (non-hydrogen) atoms. The Bertz CT molecular complexity index is 260. The van der Waals surface area contributed by atoms with Crippen LogP contribution in [0.3, 0.4) is 0 Å². The number of nitrogens with one attached hydrogen (secondary N) is 2. The first-order chi connectivity index (χ1) is 8.90. The van der Waals surface area contributed by atoms with Crippen molar-refractivity contribution in [3.05, 3.63) is 0 Å². The maximum atomic E-state index is 5.11. The number of guanidine groups is 1. The van der Waals surface area contributed by atoms with Gasteiger partial charge in [-0.2, -0.15) is 0 Å². The van der Waals surface area contributed by atoms with Crippen LogP contribution in [0, 0.1) is 5.92 Å². The van der Waals surface area contributed by atoms with E-state index < -0.39 is 0 Å². The van der Waals surface area contributed by atoms with Crippen LogP contribution in [0.2, 0.25) is 0 Å². The van der Waals surface area contributed by atoms with E-state index in [4.69, 9.17) is 4.74 Å². The Morgan fingerprint density at radius 3 is 2.25 bits per heavy atom. The highest BCUT2D eigenvalue weighted by Gasteiger charge is 2.14. The van der Waals surface area contributed by atoms with Gasteiger partial charge in [-0.05, 0) is 33.4 Å². The number of aliphatic imine (C=N–C) groups is 1. The highest BCUT2D eigenvalue weighted by molar-refractivity contribution is 14.0. The second kappa shape index (κ2) is 12.6. The molecule has 6 heteroatoms. The molecule has 0 spiro atoms. The molecule has 2 atom stereocenters. The van der Waals surface area contributed by atoms with Crippen molar-refractivity contribution in [1.29, 1.82) is 0 Å². The molecular weight excluding hydrogens is 367 g/mol. The smallest absolute Gasteiger partial charge is 0.191 e. The minimum absolute atomic E-state index is 0. The number of halogens is 1. The average molecular weight is 400 g/mol. The van der Waals surface area contributed by atoms with Crippen molar-refractivity contribution in [2.45, 2.75) is 39.3 Å². The predicted molar refractivity (Wildman–Crippen MR) is 98.2 cm³/mol. The summed E-state index contributed by atoms with van der Waals surface area (Å²) in [6.45, 7) is 8.15. The zero-order chi connectivity index (χ0) is 14.8. The third kappa shape index (κ3) is 10.7. The Labute approximate surface area is 141 Å². The van der Waals surface area contributed by atoms with Crippen LogP contribution in [0.4, 0.5) is 0 Å². The highest BCUT2D eigenvalue weighted by atomic mass is 127. The van der Waals surface area contributed by atoms with Gasteiger partial charge in [-0.1, -0.05) is 13.8 Å². The molecule has 2 unspecified atom stereocenters. The van der Waals surface area contributed by atoms with Crippen molar-refractivity contribution in [2.75, 3.05) is 41.4 Å². The third-order valence-electron chi connectivity index (χ3n) is 3.00. The first-order valence-corrected chi connectivity index (χ1v) is 7.03. The fourth-order valence-electron chi connectivity index (χ4n) is 1.96. The summed E-state index contributed by atoms with van der Waals surface area (Å²) in [7, 11) is 7.75. The van der Waals surface area contributed by atoms with Crippen molar-refractivity contribution >= 4 is 29.9 Å². The molecule has 0 fully saturated rings. The lowest BCUT2D eigenvalue weighted by molar-refractivity contribution is 0.178. The van der Waals surface area contributed by atoms with E-state index in [9.17, 15) is 0 Å². The van der Waals surface area contributed by atoms with E-state index in [1.165, 1.54) is 6.42 Å². The Balaban J connectivity index is 0. The summed E-state index contributed by atoms with van der Waals surface area (Å²) in [4.78, 5) is 6.50. The summed E-state index contributed by atoms with van der Waals surface area (Å²) in [6.07, 6.45) is 1.17. The fraction of sp³-hybridized carbons (Fsp3) is 0.929. The molecule has 5 nitrogen and oxygen atoms in total. The number of methoxy groups -OCH3 is 1. The van der Waals surface area contributed by atoms with Crippen LogP contribution in [0.25, 0.3) is 0 Å². The number of ether oxygens (including phenoxy) is 1. The topological polar surface area (TPSA) is 48.9 Å². The van der Waals surface area contributed by atoms with Gasteiger partial charge in [-0.25, -0.2) is 0 Å². The molecule has 0 saturated carbocycles. The molecule has 122 valence electrons. The second-order valence-electron chi connectivity index (χ2n) is 5.70. The van der Waals surface area contributed by atoms with E-state index >= 15 is 0 Å². The summed E-state index contributed by atoms with van der Waals surface area (Å²) in [5.74, 6) is 1.52. The Hall–Kier alpha value is -0.0800. The predicted octanol–water partition coefficient (Wildman–Crippen LogP) is 1.78. The van der Waals surface area contributed by atoms with Crippen molar-refractivity contribution in [3.8, 4) is 0 Å². The Morgan fingerprint density at radius 1 is 1.25 bits per heavy atom. The van der Waals surface area contributed by atoms with Crippen LogP contribution in [-0.2, 0) is 4.74 Å². The van der Waals surface area contributed by atoms with Crippen molar-refractivity contribution in [2.24, 2.45) is 10.9 Å². The minimum atomic E-state index is 0. The van der Waals surface area contributed by atoms with Gasteiger partial charge in [0.15, 0.2) is 5.96 Å². The van der Waals surface area contributed by atoms with Gasteiger partial charge in [0, 0.05) is 32.8 Å². The van der Waals surface area contributed by atoms with Gasteiger partial charge in [0.25, 0.3) is 0 Å². The van der Waals surface area contributed by atoms with Gasteiger partial charge in [0.1, 0.15) is 0 Å². The molecule has 0 heterocycles. The van der Waals surface area contributed by atoms with Crippen molar-refractivity contribution in [3.63, 3.8) is 0 Å². The number of rotatable bonds is 8. The largest absolute Gasteiger partial charge is 0.383 e. The fourth-order valence-corrected chi connectivity index (χ4v) is 1.96. The number of hydrogen-bond donors (Lipinski definition) is 2. The normalized spacial score (nSPS) is 14.9. The quantitative estimate of drug-likeness (QED) is 0.371. The lowest BCUT2D eigenvalue weighted by atomic mass is 10.0. The maximum absolute atomic E-state index is 5.11. The summed E-state index contributed by atoms with van der Waals surface area (Å²) >= 11 is 0. The molecule has 2 N–H and O–H groups in total. The van der Waals surface area contributed by atoms with Crippen LogP contribution < -0.4 is 10.6 Å². The highest BCUT2D eigenvalue weighted by Crippen LogP contribution is 2.07. The molecule has 0 aliphatic carbocycles. The van der Waals surface area contributed by atoms with Crippen LogP contribution >= 0.6 is 24.0 Å². The van der Waals surface area contributed by atoms with Crippen molar-refractivity contribution in [1.82, 2.24) is 15.5 Å². The van der Waals surface area contributed by atoms with Crippen LogP contribution in [0.15, 0.2) is 4.99 Å². The molecule has 0 aromatic heterocycles. The molecule has 0 saturated heterocycles. The van der Waals surface area contributed by atoms with Crippen LogP contribution in [-0.4, -0.2) is 64.3 Å². The van der Waals surface area contributed by atoms with Crippen LogP contribution in [0.1, 0.15) is 27.2 Å². The van der Waals surface area contributed by atoms with Gasteiger partial charge in [0.05, 0.1) is 6.61 Å². The first kappa shape index (κ1) is 22.2. The average Bonchev–Trinajstić information content (AvgIpc) is 2.32. The monoisotopic (exact) mass is 400 g/mol. The van der Waals surface area contributed by atoms with E-state index in [1.807, 2.05) is 0 Å². The van der Waals surface area contributed by atoms with Gasteiger partial charge in [-0.15, -0.1) is 24.0 Å². The summed E-state index contributed by atoms with van der Waals surface area (Å²) in [6, 6.07) is 0.760. The molecule has 0 rings (SSSR count). The Kier molecular flexibility index (Phi) is 14.0. The van der Waals surface area contributed by atoms with E-state index in [-0.39, 0.29) is 30.0 Å². The summed E-state index contributed by atoms with van der Waals surface area (Å²) < 4.78 is 5.11. The van der Waals surface area contributed by atoms with Gasteiger partial charge in [-0.3, -0.25) is 4.99 Å². The molecule has 0 radical (unpaired) electrons. The summed E-state index contributed by atoms with van der Waals surface area (Å²) in [5, 5.41) is 6.70. The maximum Gasteiger partial charge on any atom is 0.191 e. The standard InChI is InChI=1S/C14H32N4O.HI/c1-11(2)8-13(18(5)6)9-16-14(15-4)17-12(3)10-19-7;/h11-13H,8-10H2,1-7H3,(H2,15,16,17);1H. The van der Waals surface area contributed by atoms with Gasteiger partial charge >= 0.3 is 0 Å². The number of nitrogens with zero attached hydrogens (tertiary/aromatic N) is 2. The van der Waals surface area contributed by atoms with E-state index in [0.29, 0.717) is 18.6 Å². The lowest BCUT2D eigenvalue weighted by Crippen LogP contribution is -2.48. The number of likely N-dealkylation sites (N-methyl/N-ethyl adjacent to an activating group) is 1. The SMILES string of the molecule is CN=C(NCC(CC(C)C)N(C)C)NC(C)COC.I. The molecular formula is C14H33IN4O. The van der Waals surface area contributed by atoms with Gasteiger partial charge in [0.2, 0.25) is 0 Å². The zero-order valence-electron chi connectivity index (χ0n) is 14.1. The molecule has 0 amide bonds. The minimum Gasteiger partial charge on any atom is -0.383 e. The van der Waals surface area contributed by atoms with Crippen LogP contribution in [0.5, 0.6) is 0 Å². The molecule has 0 aromatic rings.